The smallest absolute Gasteiger partial charge is 0.140 e. The number of rotatable bonds is 5. The average Bonchev–Trinajstić information content (AvgIpc) is 3.33. The minimum absolute atomic E-state index is 0. The molecule has 30 heavy (non-hydrogen) atoms. The molecule has 3 aromatic rings. The fourth-order valence-electron chi connectivity index (χ4n) is 4.91. The number of piperidine rings is 1. The molecule has 0 aliphatic carbocycles. The number of nitrogens with zero attached hydrogens (tertiary/aromatic N) is 3. The predicted octanol–water partition coefficient (Wildman–Crippen LogP) is 4.22. The number of ether oxygens (including phenoxy) is 1. The van der Waals surface area contributed by atoms with Gasteiger partial charge in [-0.15, -0.1) is 12.4 Å². The minimum atomic E-state index is 0. The molecule has 2 saturated heterocycles. The summed E-state index contributed by atoms with van der Waals surface area (Å²) in [4.78, 5) is 7.31. The maximum Gasteiger partial charge on any atom is 0.140 e. The number of imidazole rings is 1. The standard InChI is InChI=1S/C24H30N4O.ClH/c1-19-3-2-13-28-16-21(26-23(19)28)17-29-22-6-4-20(5-7-22)15-27-14-10-24(18-27)8-11-25-12-9-24;/h2-7,13,16,25H,8-12,14-15,17-18H2,1H3;1H. The summed E-state index contributed by atoms with van der Waals surface area (Å²) in [6.07, 6.45) is 8.09. The third-order valence-corrected chi connectivity index (χ3v) is 6.63. The molecule has 0 bridgehead atoms. The molecule has 160 valence electrons. The molecule has 6 heteroatoms. The monoisotopic (exact) mass is 426 g/mol. The van der Waals surface area contributed by atoms with Gasteiger partial charge in [0, 0.05) is 25.5 Å². The Bertz CT molecular complexity index is 979. The number of halogens is 1. The predicted molar refractivity (Wildman–Crippen MR) is 122 cm³/mol. The first-order valence-electron chi connectivity index (χ1n) is 10.8. The van der Waals surface area contributed by atoms with Crippen LogP contribution in [0.25, 0.3) is 5.65 Å². The second-order valence-electron chi connectivity index (χ2n) is 8.80. The average molecular weight is 427 g/mol. The molecular weight excluding hydrogens is 396 g/mol. The van der Waals surface area contributed by atoms with Crippen LogP contribution in [0.1, 0.15) is 36.1 Å². The van der Waals surface area contributed by atoms with E-state index in [2.05, 4.69) is 56.9 Å². The van der Waals surface area contributed by atoms with Crippen LogP contribution in [-0.2, 0) is 13.2 Å². The van der Waals surface area contributed by atoms with Crippen LogP contribution in [0.15, 0.2) is 48.8 Å². The van der Waals surface area contributed by atoms with E-state index in [9.17, 15) is 0 Å². The van der Waals surface area contributed by atoms with Crippen molar-refractivity contribution >= 4 is 18.1 Å². The molecule has 2 aliphatic rings. The quantitative estimate of drug-likeness (QED) is 0.663. The molecular formula is C24H31ClN4O. The van der Waals surface area contributed by atoms with Gasteiger partial charge in [-0.2, -0.15) is 0 Å². The van der Waals surface area contributed by atoms with Crippen molar-refractivity contribution in [2.45, 2.75) is 39.3 Å². The highest BCUT2D eigenvalue weighted by atomic mass is 35.5. The van der Waals surface area contributed by atoms with Gasteiger partial charge in [0.1, 0.15) is 18.0 Å². The van der Waals surface area contributed by atoms with E-state index < -0.39 is 0 Å². The summed E-state index contributed by atoms with van der Waals surface area (Å²) in [6, 6.07) is 12.7. The van der Waals surface area contributed by atoms with Gasteiger partial charge in [0.15, 0.2) is 0 Å². The van der Waals surface area contributed by atoms with Gasteiger partial charge in [-0.3, -0.25) is 4.90 Å². The number of aromatic nitrogens is 2. The van der Waals surface area contributed by atoms with Crippen molar-refractivity contribution in [2.24, 2.45) is 5.41 Å². The van der Waals surface area contributed by atoms with Crippen molar-refractivity contribution in [1.29, 1.82) is 0 Å². The summed E-state index contributed by atoms with van der Waals surface area (Å²) >= 11 is 0. The molecule has 2 fully saturated rings. The molecule has 0 saturated carbocycles. The van der Waals surface area contributed by atoms with E-state index in [0.717, 1.165) is 23.6 Å². The summed E-state index contributed by atoms with van der Waals surface area (Å²) in [5, 5.41) is 3.50. The fourth-order valence-corrected chi connectivity index (χ4v) is 4.91. The Morgan fingerprint density at radius 1 is 1.10 bits per heavy atom. The second kappa shape index (κ2) is 8.96. The van der Waals surface area contributed by atoms with Crippen molar-refractivity contribution in [2.75, 3.05) is 26.2 Å². The number of fused-ring (bicyclic) bond motifs is 1. The van der Waals surface area contributed by atoms with E-state index in [1.165, 1.54) is 56.6 Å². The normalized spacial score (nSPS) is 18.6. The second-order valence-corrected chi connectivity index (χ2v) is 8.80. The molecule has 0 amide bonds. The lowest BCUT2D eigenvalue weighted by Gasteiger charge is -2.33. The zero-order valence-electron chi connectivity index (χ0n) is 17.6. The van der Waals surface area contributed by atoms with Crippen LogP contribution in [0, 0.1) is 12.3 Å². The topological polar surface area (TPSA) is 41.8 Å². The highest BCUT2D eigenvalue weighted by molar-refractivity contribution is 5.85. The molecule has 2 aliphatic heterocycles. The Morgan fingerprint density at radius 3 is 2.67 bits per heavy atom. The van der Waals surface area contributed by atoms with Crippen LogP contribution in [0.3, 0.4) is 0 Å². The van der Waals surface area contributed by atoms with E-state index in [-0.39, 0.29) is 12.4 Å². The first-order valence-corrected chi connectivity index (χ1v) is 10.8. The molecule has 1 aromatic carbocycles. The minimum Gasteiger partial charge on any atom is -0.487 e. The molecule has 0 atom stereocenters. The van der Waals surface area contributed by atoms with Gasteiger partial charge < -0.3 is 14.5 Å². The third-order valence-electron chi connectivity index (χ3n) is 6.63. The number of hydrogen-bond acceptors (Lipinski definition) is 4. The highest BCUT2D eigenvalue weighted by Crippen LogP contribution is 2.39. The summed E-state index contributed by atoms with van der Waals surface area (Å²) in [5.41, 5.74) is 5.06. The molecule has 5 rings (SSSR count). The summed E-state index contributed by atoms with van der Waals surface area (Å²) < 4.78 is 8.04. The largest absolute Gasteiger partial charge is 0.487 e. The van der Waals surface area contributed by atoms with E-state index in [1.54, 1.807) is 0 Å². The molecule has 1 spiro atoms. The number of aryl methyl sites for hydroxylation is 1. The molecule has 4 heterocycles. The summed E-state index contributed by atoms with van der Waals surface area (Å²) in [6.45, 7) is 8.46. The molecule has 0 unspecified atom stereocenters. The van der Waals surface area contributed by atoms with Crippen molar-refractivity contribution in [3.8, 4) is 5.75 Å². The van der Waals surface area contributed by atoms with Crippen LogP contribution < -0.4 is 10.1 Å². The van der Waals surface area contributed by atoms with Crippen LogP contribution in [0.2, 0.25) is 0 Å². The Labute approximate surface area is 184 Å². The summed E-state index contributed by atoms with van der Waals surface area (Å²) in [5.74, 6) is 0.902. The first-order chi connectivity index (χ1) is 14.2. The molecule has 1 N–H and O–H groups in total. The summed E-state index contributed by atoms with van der Waals surface area (Å²) in [7, 11) is 0. The first kappa shape index (κ1) is 21.2. The van der Waals surface area contributed by atoms with Gasteiger partial charge in [0.05, 0.1) is 5.69 Å². The van der Waals surface area contributed by atoms with E-state index in [0.29, 0.717) is 12.0 Å². The number of likely N-dealkylation sites (tertiary alicyclic amines) is 1. The van der Waals surface area contributed by atoms with E-state index in [1.807, 2.05) is 18.5 Å². The SMILES string of the molecule is Cc1cccn2cc(COc3ccc(CN4CCC5(CCNCC5)C4)cc3)nc12.Cl. The molecule has 5 nitrogen and oxygen atoms in total. The van der Waals surface area contributed by atoms with E-state index >= 15 is 0 Å². The molecule has 0 radical (unpaired) electrons. The van der Waals surface area contributed by atoms with Crippen LogP contribution in [0.4, 0.5) is 0 Å². The Balaban J connectivity index is 0.00000218. The number of benzene rings is 1. The lowest BCUT2D eigenvalue weighted by molar-refractivity contribution is 0.194. The number of nitrogens with one attached hydrogen (secondary N) is 1. The van der Waals surface area contributed by atoms with Crippen LogP contribution in [0.5, 0.6) is 5.75 Å². The Morgan fingerprint density at radius 2 is 1.90 bits per heavy atom. The fraction of sp³-hybridized carbons (Fsp3) is 0.458. The van der Waals surface area contributed by atoms with Crippen molar-refractivity contribution in [3.63, 3.8) is 0 Å². The molecule has 2 aromatic heterocycles. The van der Waals surface area contributed by atoms with Crippen LogP contribution >= 0.6 is 12.4 Å². The number of hydrogen-bond donors (Lipinski definition) is 1. The Hall–Kier alpha value is -2.08. The van der Waals surface area contributed by atoms with Crippen LogP contribution in [-0.4, -0.2) is 40.5 Å². The van der Waals surface area contributed by atoms with Gasteiger partial charge in [0.2, 0.25) is 0 Å². The Kier molecular flexibility index (Phi) is 6.32. The lowest BCUT2D eigenvalue weighted by atomic mass is 9.78. The van der Waals surface area contributed by atoms with Gasteiger partial charge in [-0.05, 0) is 80.6 Å². The maximum absolute atomic E-state index is 5.98. The third kappa shape index (κ3) is 4.48. The van der Waals surface area contributed by atoms with Crippen molar-refractivity contribution in [3.05, 3.63) is 65.6 Å². The van der Waals surface area contributed by atoms with Gasteiger partial charge in [-0.25, -0.2) is 4.98 Å². The number of pyridine rings is 1. The van der Waals surface area contributed by atoms with Gasteiger partial charge >= 0.3 is 0 Å². The van der Waals surface area contributed by atoms with Gasteiger partial charge in [0.25, 0.3) is 0 Å². The zero-order valence-corrected chi connectivity index (χ0v) is 18.5. The highest BCUT2D eigenvalue weighted by Gasteiger charge is 2.38. The zero-order chi connectivity index (χ0) is 19.7. The maximum atomic E-state index is 5.98. The van der Waals surface area contributed by atoms with Crippen molar-refractivity contribution < 1.29 is 4.74 Å². The van der Waals surface area contributed by atoms with Crippen molar-refractivity contribution in [1.82, 2.24) is 19.6 Å². The van der Waals surface area contributed by atoms with Gasteiger partial charge in [-0.1, -0.05) is 18.2 Å². The van der Waals surface area contributed by atoms with E-state index in [4.69, 9.17) is 4.74 Å². The lowest BCUT2D eigenvalue weighted by Crippen LogP contribution is -2.38.